The molecule has 0 aliphatic heterocycles. The van der Waals surface area contributed by atoms with Crippen molar-refractivity contribution >= 4 is 38.9 Å². The van der Waals surface area contributed by atoms with E-state index in [-0.39, 0.29) is 42.5 Å². The fourth-order valence-corrected chi connectivity index (χ4v) is 5.35. The zero-order valence-electron chi connectivity index (χ0n) is 19.9. The third kappa shape index (κ3) is 11.5. The molecular formula is C26H39NO3S2. The van der Waals surface area contributed by atoms with Gasteiger partial charge >= 0.3 is 0 Å². The van der Waals surface area contributed by atoms with Gasteiger partial charge in [0.15, 0.2) is 5.78 Å². The zero-order valence-corrected chi connectivity index (χ0v) is 21.5. The number of carbonyl (C=O) groups is 3. The third-order valence-electron chi connectivity index (χ3n) is 5.23. The van der Waals surface area contributed by atoms with E-state index in [1.165, 1.54) is 0 Å². The van der Waals surface area contributed by atoms with E-state index in [1.807, 2.05) is 24.3 Å². The second kappa shape index (κ2) is 17.2. The van der Waals surface area contributed by atoms with E-state index in [4.69, 9.17) is 5.73 Å². The quantitative estimate of drug-likeness (QED) is 0.111. The van der Waals surface area contributed by atoms with Gasteiger partial charge in [-0.25, -0.2) is 0 Å². The molecule has 0 fully saturated rings. The molecule has 6 heteroatoms. The zero-order chi connectivity index (χ0) is 23.8. The van der Waals surface area contributed by atoms with Crippen molar-refractivity contribution in [2.75, 3.05) is 12.3 Å². The number of nitrogens with two attached hydrogens (primary N) is 1. The molecule has 0 atom stereocenters. The highest BCUT2D eigenvalue weighted by atomic mass is 33.1. The number of hydrogen-bond donors (Lipinski definition) is 1. The average Bonchev–Trinajstić information content (AvgIpc) is 2.77. The molecule has 0 bridgehead atoms. The van der Waals surface area contributed by atoms with Crippen molar-refractivity contribution < 1.29 is 14.4 Å². The molecule has 0 amide bonds. The summed E-state index contributed by atoms with van der Waals surface area (Å²) in [7, 11) is 3.59. The van der Waals surface area contributed by atoms with E-state index >= 15 is 0 Å². The van der Waals surface area contributed by atoms with Crippen LogP contribution in [0.2, 0.25) is 0 Å². The van der Waals surface area contributed by atoms with Crippen LogP contribution in [0.4, 0.5) is 0 Å². The van der Waals surface area contributed by atoms with Crippen LogP contribution in [0.5, 0.6) is 0 Å². The summed E-state index contributed by atoms with van der Waals surface area (Å²) in [6.07, 6.45) is 6.42. The monoisotopic (exact) mass is 477 g/mol. The van der Waals surface area contributed by atoms with Gasteiger partial charge in [-0.2, -0.15) is 0 Å². The van der Waals surface area contributed by atoms with E-state index in [0.29, 0.717) is 18.5 Å². The molecule has 0 aliphatic rings. The molecular weight excluding hydrogens is 438 g/mol. The number of rotatable bonds is 18. The van der Waals surface area contributed by atoms with E-state index < -0.39 is 0 Å². The van der Waals surface area contributed by atoms with Crippen LogP contribution >= 0.6 is 21.6 Å². The summed E-state index contributed by atoms with van der Waals surface area (Å²) in [5.74, 6) is 2.16. The summed E-state index contributed by atoms with van der Waals surface area (Å²) in [4.78, 5) is 37.9. The molecule has 1 aromatic rings. The van der Waals surface area contributed by atoms with Gasteiger partial charge in [0.05, 0.1) is 0 Å². The minimum Gasteiger partial charge on any atom is -0.330 e. The van der Waals surface area contributed by atoms with Gasteiger partial charge in [-0.05, 0) is 31.0 Å². The van der Waals surface area contributed by atoms with Crippen molar-refractivity contribution in [2.24, 2.45) is 11.7 Å². The highest BCUT2D eigenvalue weighted by Crippen LogP contribution is 2.26. The maximum Gasteiger partial charge on any atom is 0.166 e. The number of benzene rings is 1. The number of Topliss-reactive ketones (excluding diaryl/α,β-unsaturated/α-hetero) is 3. The number of carbonyl (C=O) groups excluding carboxylic acids is 3. The van der Waals surface area contributed by atoms with Crippen LogP contribution in [0, 0.1) is 5.92 Å². The summed E-state index contributed by atoms with van der Waals surface area (Å²) >= 11 is 0. The lowest BCUT2D eigenvalue weighted by Gasteiger charge is -2.15. The maximum absolute atomic E-state index is 12.9. The first kappa shape index (κ1) is 28.7. The van der Waals surface area contributed by atoms with E-state index in [9.17, 15) is 14.4 Å². The number of ketones is 3. The molecule has 0 saturated heterocycles. The van der Waals surface area contributed by atoms with Crippen molar-refractivity contribution in [2.45, 2.75) is 77.9 Å². The van der Waals surface area contributed by atoms with Crippen LogP contribution < -0.4 is 5.73 Å². The Morgan fingerprint density at radius 3 is 2.38 bits per heavy atom. The predicted octanol–water partition coefficient (Wildman–Crippen LogP) is 6.57. The van der Waals surface area contributed by atoms with Crippen LogP contribution in [-0.2, 0) is 15.3 Å². The summed E-state index contributed by atoms with van der Waals surface area (Å²) in [6.45, 7) is 6.60. The molecule has 0 aromatic heterocycles. The number of hydrogen-bond acceptors (Lipinski definition) is 6. The van der Waals surface area contributed by atoms with Crippen LogP contribution in [0.15, 0.2) is 35.9 Å². The van der Waals surface area contributed by atoms with Crippen LogP contribution in [0.3, 0.4) is 0 Å². The molecule has 0 spiro atoms. The average molecular weight is 478 g/mol. The Bertz CT molecular complexity index is 755. The SMILES string of the molecule is CCCC(CCC)C(=O)C/C(=C\CC(=O)c1cccc(CSSCC)c1)CC(=O)CCN. The Morgan fingerprint density at radius 1 is 1.03 bits per heavy atom. The molecule has 0 radical (unpaired) electrons. The molecule has 1 rings (SSSR count). The van der Waals surface area contributed by atoms with Gasteiger partial charge in [0.2, 0.25) is 0 Å². The first-order valence-electron chi connectivity index (χ1n) is 11.7. The molecule has 4 nitrogen and oxygen atoms in total. The maximum atomic E-state index is 12.9. The Labute approximate surface area is 202 Å². The van der Waals surface area contributed by atoms with Crippen LogP contribution in [0.25, 0.3) is 0 Å². The first-order valence-corrected chi connectivity index (χ1v) is 14.2. The van der Waals surface area contributed by atoms with E-state index in [1.54, 1.807) is 27.7 Å². The van der Waals surface area contributed by atoms with Gasteiger partial charge in [-0.1, -0.05) is 85.0 Å². The minimum absolute atomic E-state index is 0.00915. The largest absolute Gasteiger partial charge is 0.330 e. The molecule has 32 heavy (non-hydrogen) atoms. The van der Waals surface area contributed by atoms with Crippen molar-refractivity contribution in [1.29, 1.82) is 0 Å². The van der Waals surface area contributed by atoms with E-state index in [0.717, 1.165) is 48.3 Å². The van der Waals surface area contributed by atoms with Crippen LogP contribution in [0.1, 0.15) is 88.1 Å². The van der Waals surface area contributed by atoms with Crippen molar-refractivity contribution in [1.82, 2.24) is 0 Å². The smallest absolute Gasteiger partial charge is 0.166 e. The normalized spacial score (nSPS) is 11.7. The van der Waals surface area contributed by atoms with Gasteiger partial charge < -0.3 is 5.73 Å². The Morgan fingerprint density at radius 2 is 1.75 bits per heavy atom. The fraction of sp³-hybridized carbons (Fsp3) is 0.577. The lowest BCUT2D eigenvalue weighted by molar-refractivity contribution is -0.122. The van der Waals surface area contributed by atoms with Crippen molar-refractivity contribution in [3.63, 3.8) is 0 Å². The van der Waals surface area contributed by atoms with Crippen LogP contribution in [-0.4, -0.2) is 29.6 Å². The van der Waals surface area contributed by atoms with Gasteiger partial charge in [0, 0.05) is 48.7 Å². The van der Waals surface area contributed by atoms with Crippen molar-refractivity contribution in [3.8, 4) is 0 Å². The fourth-order valence-electron chi connectivity index (χ4n) is 3.62. The number of allylic oxidation sites excluding steroid dienone is 2. The summed E-state index contributed by atoms with van der Waals surface area (Å²) in [5, 5.41) is 0. The van der Waals surface area contributed by atoms with E-state index in [2.05, 4.69) is 20.8 Å². The van der Waals surface area contributed by atoms with Gasteiger partial charge in [0.1, 0.15) is 11.6 Å². The summed E-state index contributed by atoms with van der Waals surface area (Å²) in [5.41, 5.74) is 8.08. The highest BCUT2D eigenvalue weighted by Gasteiger charge is 2.19. The third-order valence-corrected chi connectivity index (χ3v) is 7.64. The second-order valence-corrected chi connectivity index (χ2v) is 10.8. The predicted molar refractivity (Wildman–Crippen MR) is 139 cm³/mol. The first-order chi connectivity index (χ1) is 15.4. The molecule has 178 valence electrons. The lowest BCUT2D eigenvalue weighted by Crippen LogP contribution is -2.17. The van der Waals surface area contributed by atoms with Gasteiger partial charge in [0.25, 0.3) is 0 Å². The second-order valence-electron chi connectivity index (χ2n) is 8.03. The topological polar surface area (TPSA) is 77.2 Å². The Hall–Kier alpha value is -1.37. The highest BCUT2D eigenvalue weighted by molar-refractivity contribution is 8.76. The Kier molecular flexibility index (Phi) is 15.4. The van der Waals surface area contributed by atoms with Gasteiger partial charge in [-0.3, -0.25) is 14.4 Å². The molecule has 0 saturated carbocycles. The molecule has 0 heterocycles. The molecule has 2 N–H and O–H groups in total. The Balaban J connectivity index is 2.91. The summed E-state index contributed by atoms with van der Waals surface area (Å²) < 4.78 is 0. The van der Waals surface area contributed by atoms with Crippen molar-refractivity contribution in [3.05, 3.63) is 47.0 Å². The standard InChI is InChI=1S/C26H39NO3S2/c1-4-8-22(9-5-2)26(30)18-20(17-24(28)14-15-27)12-13-25(29)23-11-7-10-21(16-23)19-32-31-6-3/h7,10-12,16,22H,4-6,8-9,13-15,17-19,27H2,1-3H3/b20-12-. The minimum atomic E-state index is 0.00915. The molecule has 0 unspecified atom stereocenters. The molecule has 0 aliphatic carbocycles. The van der Waals surface area contributed by atoms with Gasteiger partial charge in [-0.15, -0.1) is 0 Å². The molecule has 1 aromatic carbocycles. The lowest BCUT2D eigenvalue weighted by atomic mass is 9.88. The summed E-state index contributed by atoms with van der Waals surface area (Å²) in [6, 6.07) is 7.73.